The second-order valence-corrected chi connectivity index (χ2v) is 7.28. The number of anilines is 1. The van der Waals surface area contributed by atoms with Crippen molar-refractivity contribution in [1.82, 2.24) is 4.31 Å². The first kappa shape index (κ1) is 15.8. The van der Waals surface area contributed by atoms with Crippen molar-refractivity contribution in [1.29, 1.82) is 0 Å². The SMILES string of the molecule is Cc1c(N)cccc1S(=O)(=O)N(CC(N)=O)C1CCCC1. The summed E-state index contributed by atoms with van der Waals surface area (Å²) in [6.07, 6.45) is 3.44. The molecule has 0 saturated heterocycles. The van der Waals surface area contributed by atoms with E-state index in [4.69, 9.17) is 11.5 Å². The van der Waals surface area contributed by atoms with Crippen LogP contribution in [0.2, 0.25) is 0 Å². The molecule has 0 heterocycles. The van der Waals surface area contributed by atoms with Crippen molar-refractivity contribution in [3.63, 3.8) is 0 Å². The summed E-state index contributed by atoms with van der Waals surface area (Å²) in [5, 5.41) is 0. The summed E-state index contributed by atoms with van der Waals surface area (Å²) in [6, 6.07) is 4.61. The number of nitrogen functional groups attached to an aromatic ring is 1. The van der Waals surface area contributed by atoms with Crippen LogP contribution in [-0.4, -0.2) is 31.2 Å². The Labute approximate surface area is 125 Å². The fourth-order valence-corrected chi connectivity index (χ4v) is 4.70. The van der Waals surface area contributed by atoms with Gasteiger partial charge in [0.1, 0.15) is 0 Å². The molecule has 1 aromatic rings. The van der Waals surface area contributed by atoms with Crippen LogP contribution in [0.1, 0.15) is 31.2 Å². The van der Waals surface area contributed by atoms with E-state index < -0.39 is 15.9 Å². The maximum atomic E-state index is 12.9. The van der Waals surface area contributed by atoms with E-state index in [0.717, 1.165) is 25.7 Å². The molecule has 6 nitrogen and oxygen atoms in total. The molecule has 0 unspecified atom stereocenters. The lowest BCUT2D eigenvalue weighted by molar-refractivity contribution is -0.118. The number of amides is 1. The van der Waals surface area contributed by atoms with Gasteiger partial charge < -0.3 is 11.5 Å². The first-order chi connectivity index (χ1) is 9.84. The van der Waals surface area contributed by atoms with Gasteiger partial charge >= 0.3 is 0 Å². The average molecular weight is 311 g/mol. The highest BCUT2D eigenvalue weighted by molar-refractivity contribution is 7.89. The number of hydrogen-bond acceptors (Lipinski definition) is 4. The quantitative estimate of drug-likeness (QED) is 0.791. The van der Waals surface area contributed by atoms with Crippen LogP contribution >= 0.6 is 0 Å². The van der Waals surface area contributed by atoms with E-state index in [2.05, 4.69) is 0 Å². The van der Waals surface area contributed by atoms with Crippen LogP contribution in [0.3, 0.4) is 0 Å². The molecule has 1 aromatic carbocycles. The lowest BCUT2D eigenvalue weighted by Crippen LogP contribution is -2.44. The van der Waals surface area contributed by atoms with Crippen LogP contribution in [0.5, 0.6) is 0 Å². The van der Waals surface area contributed by atoms with Crippen molar-refractivity contribution in [2.75, 3.05) is 12.3 Å². The van der Waals surface area contributed by atoms with Gasteiger partial charge in [-0.1, -0.05) is 18.9 Å². The Morgan fingerprint density at radius 2 is 1.95 bits per heavy atom. The molecule has 2 rings (SSSR count). The van der Waals surface area contributed by atoms with Crippen LogP contribution < -0.4 is 11.5 Å². The van der Waals surface area contributed by atoms with Gasteiger partial charge in [0.05, 0.1) is 11.4 Å². The number of nitrogens with zero attached hydrogens (tertiary/aromatic N) is 1. The van der Waals surface area contributed by atoms with Crippen molar-refractivity contribution < 1.29 is 13.2 Å². The smallest absolute Gasteiger partial charge is 0.244 e. The third-order valence-corrected chi connectivity index (χ3v) is 6.00. The summed E-state index contributed by atoms with van der Waals surface area (Å²) in [4.78, 5) is 11.4. The number of nitrogens with two attached hydrogens (primary N) is 2. The molecule has 7 heteroatoms. The summed E-state index contributed by atoms with van der Waals surface area (Å²) >= 11 is 0. The summed E-state index contributed by atoms with van der Waals surface area (Å²) in [5.41, 5.74) is 12.0. The van der Waals surface area contributed by atoms with Crippen LogP contribution in [0.4, 0.5) is 5.69 Å². The van der Waals surface area contributed by atoms with Crippen molar-refractivity contribution >= 4 is 21.6 Å². The minimum Gasteiger partial charge on any atom is -0.398 e. The standard InChI is InChI=1S/C14H21N3O3S/c1-10-12(15)7-4-8-13(10)21(19,20)17(9-14(16)18)11-5-2-3-6-11/h4,7-8,11H,2-3,5-6,9,15H2,1H3,(H2,16,18). The zero-order valence-electron chi connectivity index (χ0n) is 12.1. The molecular formula is C14H21N3O3S. The zero-order valence-corrected chi connectivity index (χ0v) is 12.9. The van der Waals surface area contributed by atoms with Gasteiger partial charge in [0, 0.05) is 11.7 Å². The van der Waals surface area contributed by atoms with E-state index in [-0.39, 0.29) is 17.5 Å². The number of carbonyl (C=O) groups excluding carboxylic acids is 1. The molecule has 1 saturated carbocycles. The Balaban J connectivity index is 2.45. The maximum Gasteiger partial charge on any atom is 0.244 e. The molecule has 0 atom stereocenters. The predicted octanol–water partition coefficient (Wildman–Crippen LogP) is 0.996. The first-order valence-corrected chi connectivity index (χ1v) is 8.43. The zero-order chi connectivity index (χ0) is 15.6. The molecule has 21 heavy (non-hydrogen) atoms. The summed E-state index contributed by atoms with van der Waals surface area (Å²) in [6.45, 7) is 1.38. The van der Waals surface area contributed by atoms with Crippen molar-refractivity contribution in [3.05, 3.63) is 23.8 Å². The van der Waals surface area contributed by atoms with Crippen LogP contribution in [0, 0.1) is 6.92 Å². The van der Waals surface area contributed by atoms with E-state index in [1.807, 2.05) is 0 Å². The predicted molar refractivity (Wildman–Crippen MR) is 80.9 cm³/mol. The Kier molecular flexibility index (Phi) is 4.53. The lowest BCUT2D eigenvalue weighted by Gasteiger charge is -2.27. The van der Waals surface area contributed by atoms with Gasteiger partial charge in [-0.2, -0.15) is 4.31 Å². The Hall–Kier alpha value is -1.60. The molecule has 1 aliphatic rings. The van der Waals surface area contributed by atoms with Crippen molar-refractivity contribution in [2.24, 2.45) is 5.73 Å². The fourth-order valence-electron chi connectivity index (χ4n) is 2.79. The molecule has 0 aliphatic heterocycles. The molecule has 0 bridgehead atoms. The van der Waals surface area contributed by atoms with Gasteiger partial charge in [0.25, 0.3) is 0 Å². The number of carbonyl (C=O) groups is 1. The lowest BCUT2D eigenvalue weighted by atomic mass is 10.2. The molecule has 1 fully saturated rings. The second kappa shape index (κ2) is 6.03. The minimum atomic E-state index is -3.78. The summed E-state index contributed by atoms with van der Waals surface area (Å²) in [7, 11) is -3.78. The number of rotatable bonds is 5. The van der Waals surface area contributed by atoms with Crippen molar-refractivity contribution in [3.8, 4) is 0 Å². The largest absolute Gasteiger partial charge is 0.398 e. The van der Waals surface area contributed by atoms with E-state index >= 15 is 0 Å². The normalized spacial score (nSPS) is 16.5. The van der Waals surface area contributed by atoms with Crippen LogP contribution in [-0.2, 0) is 14.8 Å². The van der Waals surface area contributed by atoms with Gasteiger partial charge in [-0.15, -0.1) is 0 Å². The first-order valence-electron chi connectivity index (χ1n) is 6.99. The highest BCUT2D eigenvalue weighted by Crippen LogP contribution is 2.30. The monoisotopic (exact) mass is 311 g/mol. The van der Waals surface area contributed by atoms with Crippen LogP contribution in [0.15, 0.2) is 23.1 Å². The molecule has 116 valence electrons. The Bertz CT molecular complexity index is 637. The van der Waals surface area contributed by atoms with Gasteiger partial charge in [-0.3, -0.25) is 4.79 Å². The molecule has 0 spiro atoms. The van der Waals surface area contributed by atoms with E-state index in [1.54, 1.807) is 19.1 Å². The van der Waals surface area contributed by atoms with E-state index in [0.29, 0.717) is 11.3 Å². The highest BCUT2D eigenvalue weighted by atomic mass is 32.2. The molecule has 1 aliphatic carbocycles. The fraction of sp³-hybridized carbons (Fsp3) is 0.500. The van der Waals surface area contributed by atoms with Crippen LogP contribution in [0.25, 0.3) is 0 Å². The number of hydrogen-bond donors (Lipinski definition) is 2. The molecule has 0 aromatic heterocycles. The van der Waals surface area contributed by atoms with E-state index in [9.17, 15) is 13.2 Å². The molecule has 4 N–H and O–H groups in total. The minimum absolute atomic E-state index is 0.149. The van der Waals surface area contributed by atoms with Gasteiger partial charge in [0.15, 0.2) is 0 Å². The topological polar surface area (TPSA) is 106 Å². The third-order valence-electron chi connectivity index (χ3n) is 3.96. The number of primary amides is 1. The number of benzene rings is 1. The second-order valence-electron chi connectivity index (χ2n) is 5.43. The van der Waals surface area contributed by atoms with E-state index in [1.165, 1.54) is 10.4 Å². The Morgan fingerprint density at radius 3 is 2.52 bits per heavy atom. The Morgan fingerprint density at radius 1 is 1.33 bits per heavy atom. The van der Waals surface area contributed by atoms with Gasteiger partial charge in [0.2, 0.25) is 15.9 Å². The van der Waals surface area contributed by atoms with Gasteiger partial charge in [-0.25, -0.2) is 8.42 Å². The van der Waals surface area contributed by atoms with Crippen molar-refractivity contribution in [2.45, 2.75) is 43.5 Å². The summed E-state index contributed by atoms with van der Waals surface area (Å²) in [5.74, 6) is -0.646. The number of sulfonamides is 1. The molecule has 1 amide bonds. The average Bonchev–Trinajstić information content (AvgIpc) is 2.92. The highest BCUT2D eigenvalue weighted by Gasteiger charge is 2.35. The maximum absolute atomic E-state index is 12.9. The third kappa shape index (κ3) is 3.19. The molecular weight excluding hydrogens is 290 g/mol. The van der Waals surface area contributed by atoms with Gasteiger partial charge in [-0.05, 0) is 37.5 Å². The molecule has 0 radical (unpaired) electrons. The summed E-state index contributed by atoms with van der Waals surface area (Å²) < 4.78 is 27.0.